The number of sulfone groups is 1. The highest BCUT2D eigenvalue weighted by molar-refractivity contribution is 7.90. The van der Waals surface area contributed by atoms with Crippen LogP contribution in [0.1, 0.15) is 13.8 Å². The fourth-order valence-corrected chi connectivity index (χ4v) is 4.57. The minimum absolute atomic E-state index is 0.114. The van der Waals surface area contributed by atoms with Gasteiger partial charge >= 0.3 is 0 Å². The van der Waals surface area contributed by atoms with Crippen LogP contribution in [-0.2, 0) is 9.84 Å². The zero-order valence-electron chi connectivity index (χ0n) is 16.7. The van der Waals surface area contributed by atoms with Gasteiger partial charge in [0.1, 0.15) is 16.2 Å². The van der Waals surface area contributed by atoms with Crippen LogP contribution >= 0.6 is 0 Å². The van der Waals surface area contributed by atoms with E-state index >= 15 is 0 Å². The van der Waals surface area contributed by atoms with Gasteiger partial charge in [-0.2, -0.15) is 4.98 Å². The first-order chi connectivity index (χ1) is 13.7. The molecule has 2 heterocycles. The number of aromatic nitrogens is 1. The molecule has 1 aliphatic heterocycles. The summed E-state index contributed by atoms with van der Waals surface area (Å²) in [5.41, 5.74) is 2.28. The summed E-state index contributed by atoms with van der Waals surface area (Å²) in [7, 11) is -3.63. The Kier molecular flexibility index (Phi) is 4.98. The Labute approximate surface area is 169 Å². The van der Waals surface area contributed by atoms with Crippen LogP contribution in [0.25, 0.3) is 11.1 Å². The summed E-state index contributed by atoms with van der Waals surface area (Å²) in [6.45, 7) is 6.25. The van der Waals surface area contributed by atoms with E-state index in [1.54, 1.807) is 6.07 Å². The Bertz CT molecular complexity index is 1110. The summed E-state index contributed by atoms with van der Waals surface area (Å²) < 4.78 is 43.8. The molecule has 0 spiro atoms. The van der Waals surface area contributed by atoms with E-state index in [0.29, 0.717) is 37.3 Å². The molecule has 0 amide bonds. The van der Waals surface area contributed by atoms with Gasteiger partial charge in [-0.3, -0.25) is 0 Å². The molecule has 0 N–H and O–H groups in total. The second-order valence-electron chi connectivity index (χ2n) is 7.80. The van der Waals surface area contributed by atoms with Crippen molar-refractivity contribution in [2.24, 2.45) is 5.92 Å². The van der Waals surface area contributed by atoms with Crippen molar-refractivity contribution in [3.05, 3.63) is 48.3 Å². The summed E-state index contributed by atoms with van der Waals surface area (Å²) >= 11 is 0. The first kappa shape index (κ1) is 19.7. The van der Waals surface area contributed by atoms with Crippen LogP contribution in [0.2, 0.25) is 0 Å². The van der Waals surface area contributed by atoms with Crippen LogP contribution in [0.4, 0.5) is 16.1 Å². The highest BCUT2D eigenvalue weighted by atomic mass is 32.2. The number of nitrogens with zero attached hydrogens (tertiary/aromatic N) is 3. The molecule has 1 saturated heterocycles. The quantitative estimate of drug-likeness (QED) is 0.645. The average Bonchev–Trinajstić information content (AvgIpc) is 3.11. The van der Waals surface area contributed by atoms with E-state index < -0.39 is 15.7 Å². The monoisotopic (exact) mass is 417 g/mol. The van der Waals surface area contributed by atoms with Gasteiger partial charge in [0.25, 0.3) is 6.01 Å². The fraction of sp³-hybridized carbons (Fsp3) is 0.381. The molecule has 1 fully saturated rings. The topological polar surface area (TPSA) is 66.7 Å². The Morgan fingerprint density at radius 3 is 2.62 bits per heavy atom. The number of piperazine rings is 1. The lowest BCUT2D eigenvalue weighted by Gasteiger charge is -2.43. The second kappa shape index (κ2) is 7.33. The van der Waals surface area contributed by atoms with Gasteiger partial charge in [-0.1, -0.05) is 26.0 Å². The predicted octanol–water partition coefficient (Wildman–Crippen LogP) is 3.72. The molecular weight excluding hydrogens is 393 g/mol. The van der Waals surface area contributed by atoms with Gasteiger partial charge < -0.3 is 14.2 Å². The minimum atomic E-state index is -3.63. The van der Waals surface area contributed by atoms with Crippen LogP contribution < -0.4 is 9.80 Å². The lowest BCUT2D eigenvalue weighted by Crippen LogP contribution is -2.55. The van der Waals surface area contributed by atoms with Gasteiger partial charge in [-0.25, -0.2) is 12.8 Å². The molecule has 1 atom stereocenters. The Morgan fingerprint density at radius 2 is 1.93 bits per heavy atom. The molecule has 1 aliphatic rings. The van der Waals surface area contributed by atoms with Crippen molar-refractivity contribution in [2.75, 3.05) is 35.7 Å². The first-order valence-corrected chi connectivity index (χ1v) is 11.5. The van der Waals surface area contributed by atoms with Gasteiger partial charge in [0, 0.05) is 31.6 Å². The first-order valence-electron chi connectivity index (χ1n) is 9.61. The van der Waals surface area contributed by atoms with E-state index in [9.17, 15) is 12.8 Å². The maximum Gasteiger partial charge on any atom is 0.298 e. The number of rotatable bonds is 4. The van der Waals surface area contributed by atoms with E-state index in [2.05, 4.69) is 28.6 Å². The van der Waals surface area contributed by atoms with Crippen molar-refractivity contribution in [1.29, 1.82) is 0 Å². The number of oxazole rings is 1. The van der Waals surface area contributed by atoms with Crippen molar-refractivity contribution in [3.8, 4) is 0 Å². The van der Waals surface area contributed by atoms with Crippen LogP contribution in [0.3, 0.4) is 0 Å². The van der Waals surface area contributed by atoms with E-state index in [4.69, 9.17) is 4.42 Å². The van der Waals surface area contributed by atoms with E-state index in [-0.39, 0.29) is 10.9 Å². The van der Waals surface area contributed by atoms with E-state index in [1.165, 1.54) is 12.1 Å². The molecule has 2 aromatic carbocycles. The Balaban J connectivity index is 1.63. The van der Waals surface area contributed by atoms with Gasteiger partial charge in [0.15, 0.2) is 15.4 Å². The van der Waals surface area contributed by atoms with Crippen molar-refractivity contribution in [1.82, 2.24) is 4.98 Å². The van der Waals surface area contributed by atoms with Crippen molar-refractivity contribution in [2.45, 2.75) is 24.8 Å². The zero-order chi connectivity index (χ0) is 20.8. The largest absolute Gasteiger partial charge is 0.423 e. The highest BCUT2D eigenvalue weighted by Crippen LogP contribution is 2.30. The highest BCUT2D eigenvalue weighted by Gasteiger charge is 2.32. The average molecular weight is 418 g/mol. The fourth-order valence-electron chi connectivity index (χ4n) is 3.81. The molecule has 4 rings (SSSR count). The molecule has 8 heteroatoms. The summed E-state index contributed by atoms with van der Waals surface area (Å²) in [6.07, 6.45) is 1.03. The molecule has 0 aliphatic carbocycles. The summed E-state index contributed by atoms with van der Waals surface area (Å²) in [6, 6.07) is 12.7. The molecule has 154 valence electrons. The van der Waals surface area contributed by atoms with Crippen LogP contribution in [-0.4, -0.2) is 45.3 Å². The second-order valence-corrected chi connectivity index (χ2v) is 9.79. The van der Waals surface area contributed by atoms with E-state index in [0.717, 1.165) is 17.4 Å². The number of para-hydroxylation sites is 2. The molecular formula is C21H24FN3O3S. The number of halogens is 1. The standard InChI is InChI=1S/C21H24FN3O3S/c1-14(2)18-13-24(15-8-9-16(22)20(12-15)29(3,26)27)10-11-25(18)21-23-17-6-4-5-7-19(17)28-21/h4-9,12,14,18H,10-11,13H2,1-3H3/t18-/m0/s1. The minimum Gasteiger partial charge on any atom is -0.423 e. The maximum atomic E-state index is 14.0. The number of fused-ring (bicyclic) bond motifs is 1. The SMILES string of the molecule is CC(C)[C@@H]1CN(c2ccc(F)c(S(C)(=O)=O)c2)CCN1c1nc2ccccc2o1. The van der Waals surface area contributed by atoms with Crippen molar-refractivity contribution >= 4 is 32.6 Å². The third-order valence-electron chi connectivity index (χ3n) is 5.40. The predicted molar refractivity (Wildman–Crippen MR) is 112 cm³/mol. The van der Waals surface area contributed by atoms with Crippen molar-refractivity contribution in [3.63, 3.8) is 0 Å². The van der Waals surface area contributed by atoms with Crippen molar-refractivity contribution < 1.29 is 17.2 Å². The lowest BCUT2D eigenvalue weighted by molar-refractivity contribution is 0.392. The summed E-state index contributed by atoms with van der Waals surface area (Å²) in [5.74, 6) is -0.413. The van der Waals surface area contributed by atoms with Crippen LogP contribution in [0, 0.1) is 11.7 Å². The number of benzene rings is 2. The number of hydrogen-bond donors (Lipinski definition) is 0. The molecule has 0 bridgehead atoms. The molecule has 29 heavy (non-hydrogen) atoms. The zero-order valence-corrected chi connectivity index (χ0v) is 17.5. The molecule has 6 nitrogen and oxygen atoms in total. The van der Waals surface area contributed by atoms with Gasteiger partial charge in [-0.05, 0) is 36.2 Å². The molecule has 1 aromatic heterocycles. The van der Waals surface area contributed by atoms with Crippen LogP contribution in [0.5, 0.6) is 0 Å². The summed E-state index contributed by atoms with van der Waals surface area (Å²) in [5, 5.41) is 0. The van der Waals surface area contributed by atoms with Gasteiger partial charge in [0.05, 0.1) is 6.04 Å². The Hall–Kier alpha value is -2.61. The third-order valence-corrected chi connectivity index (χ3v) is 6.51. The van der Waals surface area contributed by atoms with Gasteiger partial charge in [0.2, 0.25) is 0 Å². The number of hydrogen-bond acceptors (Lipinski definition) is 6. The number of anilines is 2. The molecule has 0 saturated carbocycles. The summed E-state index contributed by atoms with van der Waals surface area (Å²) in [4.78, 5) is 8.63. The molecule has 0 radical (unpaired) electrons. The molecule has 0 unspecified atom stereocenters. The maximum absolute atomic E-state index is 14.0. The third kappa shape index (κ3) is 3.81. The smallest absolute Gasteiger partial charge is 0.298 e. The van der Waals surface area contributed by atoms with E-state index in [1.807, 2.05) is 24.3 Å². The van der Waals surface area contributed by atoms with Gasteiger partial charge in [-0.15, -0.1) is 0 Å². The molecule has 3 aromatic rings. The van der Waals surface area contributed by atoms with Crippen LogP contribution in [0.15, 0.2) is 51.8 Å². The lowest BCUT2D eigenvalue weighted by atomic mass is 9.99. The normalized spacial score (nSPS) is 18.0. The Morgan fingerprint density at radius 1 is 1.17 bits per heavy atom.